The van der Waals surface area contributed by atoms with Crippen LogP contribution in [-0.2, 0) is 0 Å². The molecule has 1 aromatic carbocycles. The minimum Gasteiger partial charge on any atom is -0.506 e. The summed E-state index contributed by atoms with van der Waals surface area (Å²) in [7, 11) is 0. The Morgan fingerprint density at radius 1 is 1.38 bits per heavy atom. The highest BCUT2D eigenvalue weighted by atomic mass is 16.4. The Morgan fingerprint density at radius 2 is 2.10 bits per heavy atom. The summed E-state index contributed by atoms with van der Waals surface area (Å²) in [5, 5.41) is 21.3. The average molecular weight is 292 g/mol. The maximum atomic E-state index is 12.2. The van der Waals surface area contributed by atoms with Crippen LogP contribution in [0, 0.1) is 5.92 Å². The molecule has 1 fully saturated rings. The minimum atomic E-state index is -1.12. The lowest BCUT2D eigenvalue weighted by molar-refractivity contribution is 0.0696. The number of aromatic carboxylic acids is 1. The number of urea groups is 1. The fraction of sp³-hybridized carbons (Fsp3) is 0.467. The number of carboxylic acids is 1. The number of anilines is 1. The van der Waals surface area contributed by atoms with Gasteiger partial charge in [0, 0.05) is 13.1 Å². The van der Waals surface area contributed by atoms with E-state index in [1.807, 2.05) is 6.92 Å². The molecule has 0 spiro atoms. The molecular formula is C15H20N2O4. The molecular weight excluding hydrogens is 272 g/mol. The number of hydrogen-bond acceptors (Lipinski definition) is 3. The van der Waals surface area contributed by atoms with Crippen molar-refractivity contribution in [2.24, 2.45) is 5.92 Å². The van der Waals surface area contributed by atoms with E-state index in [-0.39, 0.29) is 23.0 Å². The lowest BCUT2D eigenvalue weighted by Gasteiger charge is -2.22. The number of nitrogens with zero attached hydrogens (tertiary/aromatic N) is 1. The van der Waals surface area contributed by atoms with Gasteiger partial charge in [-0.3, -0.25) is 0 Å². The molecule has 0 bridgehead atoms. The van der Waals surface area contributed by atoms with Crippen LogP contribution in [-0.4, -0.2) is 40.2 Å². The van der Waals surface area contributed by atoms with Crippen LogP contribution in [0.2, 0.25) is 0 Å². The number of nitrogens with one attached hydrogen (secondary N) is 1. The van der Waals surface area contributed by atoms with Gasteiger partial charge in [-0.15, -0.1) is 0 Å². The molecule has 114 valence electrons. The van der Waals surface area contributed by atoms with E-state index in [1.54, 1.807) is 4.90 Å². The van der Waals surface area contributed by atoms with Gasteiger partial charge in [0.1, 0.15) is 5.75 Å². The van der Waals surface area contributed by atoms with Crippen LogP contribution in [0.1, 0.15) is 36.5 Å². The minimum absolute atomic E-state index is 0.0195. The average Bonchev–Trinajstić information content (AvgIpc) is 3.24. The Labute approximate surface area is 123 Å². The van der Waals surface area contributed by atoms with Gasteiger partial charge in [-0.05, 0) is 43.4 Å². The molecule has 1 aliphatic rings. The van der Waals surface area contributed by atoms with Crippen LogP contribution in [0.3, 0.4) is 0 Å². The molecule has 2 rings (SSSR count). The van der Waals surface area contributed by atoms with E-state index in [1.165, 1.54) is 12.1 Å². The van der Waals surface area contributed by atoms with Crippen molar-refractivity contribution >= 4 is 17.7 Å². The molecule has 1 saturated carbocycles. The van der Waals surface area contributed by atoms with E-state index in [4.69, 9.17) is 5.11 Å². The lowest BCUT2D eigenvalue weighted by atomic mass is 10.2. The smallest absolute Gasteiger partial charge is 0.335 e. The predicted octanol–water partition coefficient (Wildman–Crippen LogP) is 2.74. The van der Waals surface area contributed by atoms with Crippen molar-refractivity contribution in [3.8, 4) is 5.75 Å². The number of aromatic hydroxyl groups is 1. The van der Waals surface area contributed by atoms with E-state index < -0.39 is 5.97 Å². The number of benzene rings is 1. The van der Waals surface area contributed by atoms with Crippen molar-refractivity contribution in [2.75, 3.05) is 18.4 Å². The van der Waals surface area contributed by atoms with Crippen LogP contribution < -0.4 is 5.32 Å². The number of carbonyl (C=O) groups is 2. The maximum Gasteiger partial charge on any atom is 0.335 e. The molecule has 0 aliphatic heterocycles. The lowest BCUT2D eigenvalue weighted by Crippen LogP contribution is -2.37. The summed E-state index contributed by atoms with van der Waals surface area (Å²) in [5.74, 6) is -0.777. The first-order chi connectivity index (χ1) is 10.0. The molecule has 21 heavy (non-hydrogen) atoms. The Morgan fingerprint density at radius 3 is 2.62 bits per heavy atom. The summed E-state index contributed by atoms with van der Waals surface area (Å²) in [6.07, 6.45) is 3.18. The van der Waals surface area contributed by atoms with Gasteiger partial charge in [0.25, 0.3) is 0 Å². The Bertz CT molecular complexity index is 540. The highest BCUT2D eigenvalue weighted by Gasteiger charge is 2.26. The molecule has 0 atom stereocenters. The van der Waals surface area contributed by atoms with Gasteiger partial charge in [0.05, 0.1) is 11.3 Å². The number of phenolic OH excluding ortho intramolecular Hbond substituents is 1. The van der Waals surface area contributed by atoms with Gasteiger partial charge in [-0.1, -0.05) is 6.92 Å². The zero-order valence-corrected chi connectivity index (χ0v) is 12.0. The van der Waals surface area contributed by atoms with E-state index in [9.17, 15) is 14.7 Å². The third-order valence-electron chi connectivity index (χ3n) is 3.44. The Hall–Kier alpha value is -2.24. The molecule has 0 saturated heterocycles. The van der Waals surface area contributed by atoms with Crippen molar-refractivity contribution in [1.82, 2.24) is 4.90 Å². The van der Waals surface area contributed by atoms with Crippen LogP contribution in [0.4, 0.5) is 10.5 Å². The fourth-order valence-corrected chi connectivity index (χ4v) is 2.12. The second kappa shape index (κ2) is 6.47. The van der Waals surface area contributed by atoms with Crippen molar-refractivity contribution < 1.29 is 19.8 Å². The summed E-state index contributed by atoms with van der Waals surface area (Å²) in [4.78, 5) is 24.8. The van der Waals surface area contributed by atoms with Crippen molar-refractivity contribution in [3.05, 3.63) is 23.8 Å². The maximum absolute atomic E-state index is 12.2. The molecule has 0 aromatic heterocycles. The Kier molecular flexibility index (Phi) is 4.67. The quantitative estimate of drug-likeness (QED) is 0.703. The van der Waals surface area contributed by atoms with E-state index in [0.29, 0.717) is 12.5 Å². The van der Waals surface area contributed by atoms with Crippen LogP contribution in [0.25, 0.3) is 0 Å². The predicted molar refractivity (Wildman–Crippen MR) is 78.7 cm³/mol. The highest BCUT2D eigenvalue weighted by molar-refractivity contribution is 5.93. The first kappa shape index (κ1) is 15.2. The standard InChI is InChI=1S/C15H20N2O4/c1-2-7-17(9-10-3-4-10)15(21)16-12-6-5-11(14(19)20)8-13(12)18/h5-6,8,10,18H,2-4,7,9H2,1H3,(H,16,21)(H,19,20). The first-order valence-corrected chi connectivity index (χ1v) is 7.13. The molecule has 2 amide bonds. The largest absolute Gasteiger partial charge is 0.506 e. The highest BCUT2D eigenvalue weighted by Crippen LogP contribution is 2.30. The molecule has 0 heterocycles. The molecule has 1 aromatic rings. The van der Waals surface area contributed by atoms with Crippen molar-refractivity contribution in [1.29, 1.82) is 0 Å². The zero-order valence-electron chi connectivity index (χ0n) is 12.0. The van der Waals surface area contributed by atoms with Gasteiger partial charge in [-0.2, -0.15) is 0 Å². The number of phenols is 1. The summed E-state index contributed by atoms with van der Waals surface area (Å²) in [5.41, 5.74) is 0.204. The van der Waals surface area contributed by atoms with E-state index >= 15 is 0 Å². The first-order valence-electron chi connectivity index (χ1n) is 7.13. The monoisotopic (exact) mass is 292 g/mol. The van der Waals surface area contributed by atoms with Gasteiger partial charge in [0.2, 0.25) is 0 Å². The van der Waals surface area contributed by atoms with Crippen LogP contribution >= 0.6 is 0 Å². The number of amides is 2. The Balaban J connectivity index is 2.04. The van der Waals surface area contributed by atoms with Crippen LogP contribution in [0.15, 0.2) is 18.2 Å². The van der Waals surface area contributed by atoms with Crippen molar-refractivity contribution in [3.63, 3.8) is 0 Å². The second-order valence-corrected chi connectivity index (χ2v) is 5.36. The normalized spacial score (nSPS) is 13.8. The zero-order chi connectivity index (χ0) is 15.4. The molecule has 6 nitrogen and oxygen atoms in total. The number of carbonyl (C=O) groups excluding carboxylic acids is 1. The summed E-state index contributed by atoms with van der Waals surface area (Å²) in [6.45, 7) is 3.40. The van der Waals surface area contributed by atoms with Crippen LogP contribution in [0.5, 0.6) is 5.75 Å². The summed E-state index contributed by atoms with van der Waals surface area (Å²) < 4.78 is 0. The molecule has 1 aliphatic carbocycles. The van der Waals surface area contributed by atoms with E-state index in [2.05, 4.69) is 5.32 Å². The molecule has 6 heteroatoms. The number of carboxylic acid groups (broad SMARTS) is 1. The van der Waals surface area contributed by atoms with Gasteiger partial charge in [0.15, 0.2) is 0 Å². The topological polar surface area (TPSA) is 89.9 Å². The van der Waals surface area contributed by atoms with Gasteiger partial charge >= 0.3 is 12.0 Å². The van der Waals surface area contributed by atoms with E-state index in [0.717, 1.165) is 31.9 Å². The molecule has 0 unspecified atom stereocenters. The SMILES string of the molecule is CCCN(CC1CC1)C(=O)Nc1ccc(C(=O)O)cc1O. The number of rotatable bonds is 6. The summed E-state index contributed by atoms with van der Waals surface area (Å²) in [6, 6.07) is 3.62. The van der Waals surface area contributed by atoms with Gasteiger partial charge in [-0.25, -0.2) is 9.59 Å². The third-order valence-corrected chi connectivity index (χ3v) is 3.44. The molecule has 3 N–H and O–H groups in total. The van der Waals surface area contributed by atoms with Crippen molar-refractivity contribution in [2.45, 2.75) is 26.2 Å². The number of hydrogen-bond donors (Lipinski definition) is 3. The second-order valence-electron chi connectivity index (χ2n) is 5.36. The third kappa shape index (κ3) is 4.11. The fourth-order valence-electron chi connectivity index (χ4n) is 2.12. The van der Waals surface area contributed by atoms with Gasteiger partial charge < -0.3 is 20.4 Å². The summed E-state index contributed by atoms with van der Waals surface area (Å²) >= 11 is 0. The molecule has 0 radical (unpaired) electrons.